The molecule has 2 aliphatic heterocycles. The fraction of sp³-hybridized carbons (Fsp3) is 0.625. The number of nitrogens with zero attached hydrogens (tertiary/aromatic N) is 5. The molecule has 12 nitrogen and oxygen atoms in total. The minimum atomic E-state index is -0.858. The second-order valence-corrected chi connectivity index (χ2v) is 10.2. The Morgan fingerprint density at radius 2 is 1.97 bits per heavy atom. The number of anilines is 1. The van der Waals surface area contributed by atoms with Crippen LogP contribution >= 0.6 is 0 Å². The van der Waals surface area contributed by atoms with Gasteiger partial charge in [0, 0.05) is 32.3 Å². The highest BCUT2D eigenvalue weighted by molar-refractivity contribution is 5.78. The Balaban J connectivity index is 1.23. The first-order chi connectivity index (χ1) is 17.3. The first-order valence-corrected chi connectivity index (χ1v) is 12.3. The summed E-state index contributed by atoms with van der Waals surface area (Å²) in [6, 6.07) is 7.19. The lowest BCUT2D eigenvalue weighted by molar-refractivity contribution is -0.140. The number of tetrazole rings is 1. The monoisotopic (exact) mass is 500 g/mol. The largest absolute Gasteiger partial charge is 0.481 e. The first kappa shape index (κ1) is 24.4. The van der Waals surface area contributed by atoms with Crippen LogP contribution in [0.4, 0.5) is 5.69 Å². The van der Waals surface area contributed by atoms with Crippen LogP contribution in [0.2, 0.25) is 0 Å². The normalized spacial score (nSPS) is 26.5. The molecule has 0 radical (unpaired) electrons. The summed E-state index contributed by atoms with van der Waals surface area (Å²) in [5.41, 5.74) is 0.521. The molecule has 3 aliphatic rings. The molecule has 1 aliphatic carbocycles. The standard InChI is InChI=1S/C24H32N6O6/c1-29(2)15-6-5-7-16(10-15)36-23-26-27-28-30(23)18-14-35-21-17(13-34-22(18)21)25-19(31)11-24(12-20(32)33)8-3-4-9-24/h5-7,10,17-18,21-22H,3-4,8-9,11-14H2,1-2H3,(H,25,31)(H,32,33)/t17-,18+,21-,22+/m0/s1. The molecule has 194 valence electrons. The third-order valence-electron chi connectivity index (χ3n) is 7.42. The van der Waals surface area contributed by atoms with Crippen LogP contribution in [0.1, 0.15) is 44.6 Å². The lowest BCUT2D eigenvalue weighted by atomic mass is 9.79. The number of ether oxygens (including phenoxy) is 3. The van der Waals surface area contributed by atoms with Gasteiger partial charge in [-0.25, -0.2) is 0 Å². The number of amides is 1. The number of carbonyl (C=O) groups excluding carboxylic acids is 1. The smallest absolute Gasteiger partial charge is 0.341 e. The molecule has 1 aromatic heterocycles. The number of aliphatic carboxylic acids is 1. The van der Waals surface area contributed by atoms with Crippen molar-refractivity contribution in [2.24, 2.45) is 5.41 Å². The van der Waals surface area contributed by atoms with E-state index in [1.165, 1.54) is 0 Å². The summed E-state index contributed by atoms with van der Waals surface area (Å²) >= 11 is 0. The number of hydrogen-bond donors (Lipinski definition) is 2. The third kappa shape index (κ3) is 5.00. The number of carboxylic acid groups (broad SMARTS) is 1. The van der Waals surface area contributed by atoms with Gasteiger partial charge < -0.3 is 29.5 Å². The fourth-order valence-corrected chi connectivity index (χ4v) is 5.66. The maximum Gasteiger partial charge on any atom is 0.341 e. The Morgan fingerprint density at radius 3 is 2.72 bits per heavy atom. The summed E-state index contributed by atoms with van der Waals surface area (Å²) in [5.74, 6) is -0.414. The second kappa shape index (κ2) is 10.0. The van der Waals surface area contributed by atoms with E-state index in [1.807, 2.05) is 43.3 Å². The average Bonchev–Trinajstić information content (AvgIpc) is 3.60. The number of benzene rings is 1. The molecule has 2 N–H and O–H groups in total. The highest BCUT2D eigenvalue weighted by atomic mass is 16.6. The van der Waals surface area contributed by atoms with Crippen molar-refractivity contribution in [3.8, 4) is 11.8 Å². The van der Waals surface area contributed by atoms with Crippen LogP contribution < -0.4 is 15.0 Å². The number of hydrogen-bond acceptors (Lipinski definition) is 9. The average molecular weight is 501 g/mol. The van der Waals surface area contributed by atoms with Gasteiger partial charge in [0.1, 0.15) is 24.0 Å². The van der Waals surface area contributed by atoms with Crippen molar-refractivity contribution in [2.45, 2.75) is 62.8 Å². The summed E-state index contributed by atoms with van der Waals surface area (Å²) in [7, 11) is 3.90. The maximum absolute atomic E-state index is 12.9. The summed E-state index contributed by atoms with van der Waals surface area (Å²) in [6.45, 7) is 0.608. The summed E-state index contributed by atoms with van der Waals surface area (Å²) in [5, 5.41) is 24.3. The number of aromatic nitrogens is 4. The Morgan fingerprint density at radius 1 is 1.19 bits per heavy atom. The summed E-state index contributed by atoms with van der Waals surface area (Å²) in [4.78, 5) is 26.2. The quantitative estimate of drug-likeness (QED) is 0.523. The summed E-state index contributed by atoms with van der Waals surface area (Å²) < 4.78 is 19.6. The number of fused-ring (bicyclic) bond motifs is 1. The van der Waals surface area contributed by atoms with Crippen LogP contribution in [0.15, 0.2) is 24.3 Å². The van der Waals surface area contributed by atoms with Gasteiger partial charge >= 0.3 is 12.0 Å². The van der Waals surface area contributed by atoms with Crippen LogP contribution in [-0.2, 0) is 19.1 Å². The lowest BCUT2D eigenvalue weighted by Gasteiger charge is -2.27. The van der Waals surface area contributed by atoms with Gasteiger partial charge in [0.2, 0.25) is 5.91 Å². The molecule has 3 fully saturated rings. The van der Waals surface area contributed by atoms with E-state index in [0.717, 1.165) is 31.4 Å². The van der Waals surface area contributed by atoms with Gasteiger partial charge in [0.15, 0.2) is 0 Å². The molecule has 12 heteroatoms. The van der Waals surface area contributed by atoms with Gasteiger partial charge in [-0.2, -0.15) is 4.68 Å². The van der Waals surface area contributed by atoms with Gasteiger partial charge in [0.05, 0.1) is 25.7 Å². The van der Waals surface area contributed by atoms with E-state index in [-0.39, 0.29) is 49.1 Å². The van der Waals surface area contributed by atoms with Crippen molar-refractivity contribution >= 4 is 17.6 Å². The predicted octanol–water partition coefficient (Wildman–Crippen LogP) is 1.78. The molecule has 0 unspecified atom stereocenters. The summed E-state index contributed by atoms with van der Waals surface area (Å²) in [6.07, 6.45) is 2.95. The number of carboxylic acids is 1. The third-order valence-corrected chi connectivity index (χ3v) is 7.42. The Hall–Kier alpha value is -3.25. The van der Waals surface area contributed by atoms with E-state index in [0.29, 0.717) is 19.0 Å². The van der Waals surface area contributed by atoms with E-state index in [9.17, 15) is 14.7 Å². The molecule has 3 heterocycles. The van der Waals surface area contributed by atoms with Gasteiger partial charge in [-0.1, -0.05) is 24.0 Å². The van der Waals surface area contributed by atoms with Crippen molar-refractivity contribution in [3.05, 3.63) is 24.3 Å². The van der Waals surface area contributed by atoms with Crippen LogP contribution in [0.5, 0.6) is 11.8 Å². The van der Waals surface area contributed by atoms with Gasteiger partial charge in [-0.3, -0.25) is 9.59 Å². The van der Waals surface area contributed by atoms with E-state index in [1.54, 1.807) is 4.68 Å². The molecule has 1 aromatic carbocycles. The topological polar surface area (TPSA) is 141 Å². The molecular formula is C24H32N6O6. The fourth-order valence-electron chi connectivity index (χ4n) is 5.66. The van der Waals surface area contributed by atoms with Crippen LogP contribution in [0, 0.1) is 5.41 Å². The molecule has 1 amide bonds. The molecule has 0 bridgehead atoms. The minimum Gasteiger partial charge on any atom is -0.481 e. The molecule has 4 atom stereocenters. The molecule has 0 spiro atoms. The maximum atomic E-state index is 12.9. The van der Waals surface area contributed by atoms with E-state index >= 15 is 0 Å². The number of nitrogens with one attached hydrogen (secondary N) is 1. The Kier molecular flexibility index (Phi) is 6.80. The molecule has 2 saturated heterocycles. The Labute approximate surface area is 208 Å². The van der Waals surface area contributed by atoms with Crippen molar-refractivity contribution in [1.82, 2.24) is 25.5 Å². The number of carbonyl (C=O) groups is 2. The van der Waals surface area contributed by atoms with E-state index < -0.39 is 11.4 Å². The van der Waals surface area contributed by atoms with Gasteiger partial charge in [-0.05, 0) is 40.8 Å². The molecule has 5 rings (SSSR count). The second-order valence-electron chi connectivity index (χ2n) is 10.2. The van der Waals surface area contributed by atoms with Crippen LogP contribution in [0.3, 0.4) is 0 Å². The van der Waals surface area contributed by atoms with Crippen molar-refractivity contribution in [3.63, 3.8) is 0 Å². The SMILES string of the molecule is CN(C)c1cccc(Oc2nnnn2[C@@H]2CO[C@@H]3[C@@H]2OC[C@@H]3NC(=O)CC2(CC(=O)O)CCCC2)c1. The zero-order chi connectivity index (χ0) is 25.3. The minimum absolute atomic E-state index is 0.0196. The molecule has 1 saturated carbocycles. The zero-order valence-electron chi connectivity index (χ0n) is 20.5. The highest BCUT2D eigenvalue weighted by Gasteiger charge is 2.50. The highest BCUT2D eigenvalue weighted by Crippen LogP contribution is 2.44. The molecule has 36 heavy (non-hydrogen) atoms. The van der Waals surface area contributed by atoms with Crippen LogP contribution in [0.25, 0.3) is 0 Å². The van der Waals surface area contributed by atoms with Crippen molar-refractivity contribution in [1.29, 1.82) is 0 Å². The Bertz CT molecular complexity index is 1100. The molecule has 2 aromatic rings. The van der Waals surface area contributed by atoms with Gasteiger partial charge in [-0.15, -0.1) is 0 Å². The predicted molar refractivity (Wildman–Crippen MR) is 127 cm³/mol. The van der Waals surface area contributed by atoms with Gasteiger partial charge in [0.25, 0.3) is 0 Å². The first-order valence-electron chi connectivity index (χ1n) is 12.3. The molecular weight excluding hydrogens is 468 g/mol. The van der Waals surface area contributed by atoms with Crippen LogP contribution in [-0.4, -0.2) is 82.7 Å². The van der Waals surface area contributed by atoms with E-state index in [2.05, 4.69) is 20.8 Å². The van der Waals surface area contributed by atoms with E-state index in [4.69, 9.17) is 14.2 Å². The number of rotatable bonds is 9. The van der Waals surface area contributed by atoms with Crippen molar-refractivity contribution in [2.75, 3.05) is 32.2 Å². The van der Waals surface area contributed by atoms with Crippen molar-refractivity contribution < 1.29 is 28.9 Å². The zero-order valence-corrected chi connectivity index (χ0v) is 20.5. The lowest BCUT2D eigenvalue weighted by Crippen LogP contribution is -2.45.